The maximum atomic E-state index is 12.9. The Labute approximate surface area is 263 Å². The molecule has 0 atom stereocenters. The number of nitrogens with one attached hydrogen (secondary N) is 1. The molecule has 9 heteroatoms. The summed E-state index contributed by atoms with van der Waals surface area (Å²) in [5, 5.41) is 3.94. The van der Waals surface area contributed by atoms with Crippen molar-refractivity contribution in [2.24, 2.45) is 0 Å². The normalized spacial score (nSPS) is 12.9. The van der Waals surface area contributed by atoms with Crippen molar-refractivity contribution in [1.29, 1.82) is 0 Å². The van der Waals surface area contributed by atoms with E-state index in [9.17, 15) is 4.79 Å². The number of methoxy groups -OCH3 is 1. The number of hydrogen-bond acceptors (Lipinski definition) is 6. The molecular weight excluding hydrogens is 624 g/mol. The molecule has 4 aromatic carbocycles. The smallest absolute Gasteiger partial charge is 0.311 e. The van der Waals surface area contributed by atoms with Crippen LogP contribution in [0.2, 0.25) is 0 Å². The monoisotopic (exact) mass is 652 g/mol. The van der Waals surface area contributed by atoms with E-state index in [1.165, 1.54) is 5.56 Å². The van der Waals surface area contributed by atoms with Gasteiger partial charge in [0.2, 0.25) is 12.5 Å². The van der Waals surface area contributed by atoms with Crippen molar-refractivity contribution in [3.63, 3.8) is 0 Å². The van der Waals surface area contributed by atoms with Gasteiger partial charge < -0.3 is 45.6 Å². The van der Waals surface area contributed by atoms with Crippen LogP contribution in [0, 0.1) is 0 Å². The number of aromatic amines is 1. The number of benzene rings is 4. The second kappa shape index (κ2) is 11.4. The first kappa shape index (κ1) is 28.0. The summed E-state index contributed by atoms with van der Waals surface area (Å²) in [7, 11) is 1.64. The Kier molecular flexibility index (Phi) is 7.26. The molecule has 6 aromatic rings. The Bertz CT molecular complexity index is 2070. The van der Waals surface area contributed by atoms with Crippen molar-refractivity contribution in [2.45, 2.75) is 25.8 Å². The summed E-state index contributed by atoms with van der Waals surface area (Å²) in [6.07, 6.45) is 3.75. The third-order valence-electron chi connectivity index (χ3n) is 8.28. The van der Waals surface area contributed by atoms with E-state index in [-0.39, 0.29) is 36.2 Å². The Hall–Kier alpha value is -4.76. The molecule has 0 aliphatic carbocycles. The molecule has 8 nitrogen and oxygen atoms in total. The Morgan fingerprint density at radius 1 is 0.932 bits per heavy atom. The molecule has 2 aliphatic heterocycles. The summed E-state index contributed by atoms with van der Waals surface area (Å²) in [5.41, 5.74) is 5.47. The van der Waals surface area contributed by atoms with Crippen LogP contribution < -0.4 is 45.2 Å². The zero-order valence-corrected chi connectivity index (χ0v) is 25.6. The lowest BCUT2D eigenvalue weighted by molar-refractivity contribution is -0.686. The highest BCUT2D eigenvalue weighted by Crippen LogP contribution is 2.42. The molecule has 2 aliphatic rings. The highest BCUT2D eigenvalue weighted by Gasteiger charge is 2.28. The lowest BCUT2D eigenvalue weighted by Gasteiger charge is -2.18. The van der Waals surface area contributed by atoms with E-state index in [0.717, 1.165) is 68.3 Å². The van der Waals surface area contributed by atoms with E-state index in [2.05, 4.69) is 33.9 Å². The Balaban J connectivity index is 0.00000312. The summed E-state index contributed by atoms with van der Waals surface area (Å²) in [5.74, 6) is 3.18. The zero-order chi connectivity index (χ0) is 28.9. The number of esters is 1. The minimum absolute atomic E-state index is 0. The highest BCUT2D eigenvalue weighted by atomic mass is 79.9. The number of pyridine rings is 1. The van der Waals surface area contributed by atoms with Gasteiger partial charge in [0, 0.05) is 29.8 Å². The van der Waals surface area contributed by atoms with E-state index in [1.54, 1.807) is 7.11 Å². The molecule has 0 amide bonds. The molecule has 0 fully saturated rings. The molecule has 2 aromatic heterocycles. The van der Waals surface area contributed by atoms with Crippen LogP contribution in [0.4, 0.5) is 0 Å². The van der Waals surface area contributed by atoms with Crippen molar-refractivity contribution in [1.82, 2.24) is 4.98 Å². The maximum absolute atomic E-state index is 12.9. The highest BCUT2D eigenvalue weighted by molar-refractivity contribution is 6.10. The molecule has 0 saturated carbocycles. The van der Waals surface area contributed by atoms with Gasteiger partial charge in [-0.2, -0.15) is 4.57 Å². The number of hydrogen-bond donors (Lipinski definition) is 1. The number of aromatic nitrogens is 2. The Morgan fingerprint density at radius 3 is 2.66 bits per heavy atom. The number of fused-ring (bicyclic) bond motifs is 8. The largest absolute Gasteiger partial charge is 1.00 e. The number of H-pyrrole nitrogens is 1. The molecule has 0 bridgehead atoms. The fourth-order valence-corrected chi connectivity index (χ4v) is 6.22. The number of ether oxygens (including phenoxy) is 5. The summed E-state index contributed by atoms with van der Waals surface area (Å²) in [6.45, 7) is 1.44. The number of rotatable bonds is 7. The van der Waals surface area contributed by atoms with Gasteiger partial charge in [0.05, 0.1) is 35.6 Å². The third-order valence-corrected chi connectivity index (χ3v) is 8.28. The number of halogens is 1. The first-order valence-corrected chi connectivity index (χ1v) is 14.5. The number of nitrogens with zero attached hydrogens (tertiary/aromatic N) is 1. The Morgan fingerprint density at radius 2 is 1.77 bits per heavy atom. The summed E-state index contributed by atoms with van der Waals surface area (Å²) in [4.78, 5) is 16.2. The molecule has 0 saturated heterocycles. The molecule has 0 spiro atoms. The summed E-state index contributed by atoms with van der Waals surface area (Å²) in [6, 6.07) is 24.1. The van der Waals surface area contributed by atoms with Gasteiger partial charge >= 0.3 is 5.97 Å². The van der Waals surface area contributed by atoms with Gasteiger partial charge in [-0.1, -0.05) is 24.3 Å². The lowest BCUT2D eigenvalue weighted by Crippen LogP contribution is -3.00. The molecule has 1 N–H and O–H groups in total. The van der Waals surface area contributed by atoms with Crippen LogP contribution >= 0.6 is 0 Å². The van der Waals surface area contributed by atoms with Crippen LogP contribution in [0.15, 0.2) is 79.0 Å². The second-order valence-electron chi connectivity index (χ2n) is 10.8. The number of para-hydroxylation sites is 1. The van der Waals surface area contributed by atoms with Crippen LogP contribution in [-0.2, 0) is 17.8 Å². The number of carbonyl (C=O) groups excluding carboxylic acids is 1. The van der Waals surface area contributed by atoms with Crippen LogP contribution in [0.25, 0.3) is 43.8 Å². The first-order chi connectivity index (χ1) is 21.2. The fourth-order valence-electron chi connectivity index (χ4n) is 6.22. The van der Waals surface area contributed by atoms with Gasteiger partial charge in [-0.3, -0.25) is 4.79 Å². The zero-order valence-electron chi connectivity index (χ0n) is 24.0. The standard InChI is InChI=1S/C35H29N2O6.BrH/c1-39-30-12-11-21-16-28-24-18-32-31(41-20-42-32)17-22(24)13-14-37(28)19-25(21)35(30)40-15-5-10-33(38)43-29-9-4-8-27-34(29)23-6-2-3-7-26(23)36-27;/h2-4,6-9,11-12,16-19,36H,5,10,13-15,20H2,1H3;1H/q+1;/p-1. The second-order valence-corrected chi connectivity index (χ2v) is 10.8. The van der Waals surface area contributed by atoms with Gasteiger partial charge in [0.15, 0.2) is 35.7 Å². The molecule has 0 radical (unpaired) electrons. The van der Waals surface area contributed by atoms with Gasteiger partial charge in [0.1, 0.15) is 5.75 Å². The number of carbonyl (C=O) groups is 1. The predicted octanol–water partition coefficient (Wildman–Crippen LogP) is 3.49. The predicted molar refractivity (Wildman–Crippen MR) is 162 cm³/mol. The van der Waals surface area contributed by atoms with Crippen molar-refractivity contribution >= 4 is 38.5 Å². The molecule has 4 heterocycles. The molecule has 8 rings (SSSR count). The van der Waals surface area contributed by atoms with Crippen molar-refractivity contribution < 1.29 is 50.0 Å². The van der Waals surface area contributed by atoms with Crippen LogP contribution in [-0.4, -0.2) is 31.5 Å². The minimum Gasteiger partial charge on any atom is -1.00 e. The third kappa shape index (κ3) is 4.77. The van der Waals surface area contributed by atoms with Crippen LogP contribution in [0.5, 0.6) is 28.7 Å². The van der Waals surface area contributed by atoms with E-state index < -0.39 is 0 Å². The SMILES string of the molecule is COc1ccc2cc3[n+](cc2c1OCCCC(=O)Oc1cccc2[nH]c4ccccc4c12)CCc1cc2c(cc1-3)OCO2.[Br-]. The van der Waals surface area contributed by atoms with Crippen molar-refractivity contribution in [3.05, 3.63) is 84.6 Å². The van der Waals surface area contributed by atoms with E-state index >= 15 is 0 Å². The lowest BCUT2D eigenvalue weighted by atomic mass is 9.95. The summed E-state index contributed by atoms with van der Waals surface area (Å²) >= 11 is 0. The van der Waals surface area contributed by atoms with Gasteiger partial charge in [-0.25, -0.2) is 0 Å². The molecule has 0 unspecified atom stereocenters. The van der Waals surface area contributed by atoms with Crippen molar-refractivity contribution in [3.8, 4) is 40.0 Å². The quantitative estimate of drug-likeness (QED) is 0.123. The van der Waals surface area contributed by atoms with Gasteiger partial charge in [-0.05, 0) is 59.8 Å². The first-order valence-electron chi connectivity index (χ1n) is 14.5. The van der Waals surface area contributed by atoms with Crippen LogP contribution in [0.1, 0.15) is 18.4 Å². The van der Waals surface area contributed by atoms with Crippen molar-refractivity contribution in [2.75, 3.05) is 20.5 Å². The minimum atomic E-state index is -0.296. The van der Waals surface area contributed by atoms with Gasteiger partial charge in [-0.15, -0.1) is 0 Å². The van der Waals surface area contributed by atoms with Gasteiger partial charge in [0.25, 0.3) is 0 Å². The average molecular weight is 654 g/mol. The van der Waals surface area contributed by atoms with E-state index in [4.69, 9.17) is 23.7 Å². The number of aryl methyl sites for hydroxylation is 2. The maximum Gasteiger partial charge on any atom is 0.311 e. The summed E-state index contributed by atoms with van der Waals surface area (Å²) < 4.78 is 31.3. The van der Waals surface area contributed by atoms with E-state index in [0.29, 0.717) is 30.3 Å². The fraction of sp³-hybridized carbons (Fsp3) is 0.200. The van der Waals surface area contributed by atoms with Crippen LogP contribution in [0.3, 0.4) is 0 Å². The average Bonchev–Trinajstić information content (AvgIpc) is 3.65. The molecular formula is C35H29BrN2O6. The molecule has 44 heavy (non-hydrogen) atoms. The topological polar surface area (TPSA) is 82.9 Å². The molecule has 222 valence electrons. The van der Waals surface area contributed by atoms with E-state index in [1.807, 2.05) is 54.6 Å².